The number of aromatic nitrogens is 3. The fraction of sp³-hybridized carbons (Fsp3) is 0.375. The first-order valence-electron chi connectivity index (χ1n) is 7.91. The molecule has 8 nitrogen and oxygen atoms in total. The van der Waals surface area contributed by atoms with Crippen LogP contribution in [0.1, 0.15) is 46.9 Å². The molecule has 0 N–H and O–H groups in total. The molecule has 2 aliphatic rings. The quantitative estimate of drug-likeness (QED) is 0.726. The standard InChI is InChI=1S/C16H14N4O4/c21-16(11-6-13(23-18-11)12-2-1-5-22-12)20-7-10(8-20)15-17-14(19-24-15)9-3-4-9/h1-2,5-6,9-10H,3-4,7-8H2. The summed E-state index contributed by atoms with van der Waals surface area (Å²) in [5, 5.41) is 7.84. The normalized spacial score (nSPS) is 17.9. The largest absolute Gasteiger partial charge is 0.461 e. The number of likely N-dealkylation sites (tertiary alicyclic amines) is 1. The Bertz CT molecular complexity index is 872. The van der Waals surface area contributed by atoms with Crippen LogP contribution in [0.25, 0.3) is 11.5 Å². The van der Waals surface area contributed by atoms with E-state index in [1.165, 1.54) is 0 Å². The van der Waals surface area contributed by atoms with Crippen molar-refractivity contribution in [3.05, 3.63) is 41.9 Å². The summed E-state index contributed by atoms with van der Waals surface area (Å²) in [6, 6.07) is 5.09. The van der Waals surface area contributed by atoms with Gasteiger partial charge in [0, 0.05) is 25.1 Å². The van der Waals surface area contributed by atoms with Gasteiger partial charge in [-0.3, -0.25) is 4.79 Å². The molecule has 1 saturated heterocycles. The number of rotatable bonds is 4. The molecule has 8 heteroatoms. The zero-order valence-electron chi connectivity index (χ0n) is 12.7. The zero-order valence-corrected chi connectivity index (χ0v) is 12.7. The third-order valence-electron chi connectivity index (χ3n) is 4.41. The summed E-state index contributed by atoms with van der Waals surface area (Å²) in [6.07, 6.45) is 3.82. The molecule has 5 rings (SSSR count). The van der Waals surface area contributed by atoms with E-state index in [1.54, 1.807) is 29.4 Å². The number of carbonyl (C=O) groups excluding carboxylic acids is 1. The van der Waals surface area contributed by atoms with Crippen molar-refractivity contribution in [1.82, 2.24) is 20.2 Å². The van der Waals surface area contributed by atoms with Crippen LogP contribution in [0.2, 0.25) is 0 Å². The lowest BCUT2D eigenvalue weighted by molar-refractivity contribution is 0.0558. The van der Waals surface area contributed by atoms with Crippen molar-refractivity contribution in [2.24, 2.45) is 0 Å². The molecule has 0 atom stereocenters. The Morgan fingerprint density at radius 3 is 2.75 bits per heavy atom. The topological polar surface area (TPSA) is 98.4 Å². The molecule has 0 aromatic carbocycles. The Kier molecular flexibility index (Phi) is 2.85. The summed E-state index contributed by atoms with van der Waals surface area (Å²) in [6.45, 7) is 1.10. The van der Waals surface area contributed by atoms with Crippen LogP contribution in [0.4, 0.5) is 0 Å². The third-order valence-corrected chi connectivity index (χ3v) is 4.41. The van der Waals surface area contributed by atoms with Crippen LogP contribution in [-0.4, -0.2) is 39.2 Å². The minimum atomic E-state index is -0.172. The number of hydrogen-bond acceptors (Lipinski definition) is 7. The van der Waals surface area contributed by atoms with Crippen molar-refractivity contribution in [1.29, 1.82) is 0 Å². The van der Waals surface area contributed by atoms with Gasteiger partial charge in [0.2, 0.25) is 11.7 Å². The van der Waals surface area contributed by atoms with Crippen LogP contribution >= 0.6 is 0 Å². The van der Waals surface area contributed by atoms with Gasteiger partial charge in [0.25, 0.3) is 5.91 Å². The molecule has 24 heavy (non-hydrogen) atoms. The molecule has 122 valence electrons. The Hall–Kier alpha value is -2.90. The first-order chi connectivity index (χ1) is 11.8. The molecule has 2 fully saturated rings. The number of carbonyl (C=O) groups is 1. The fourth-order valence-electron chi connectivity index (χ4n) is 2.79. The van der Waals surface area contributed by atoms with E-state index >= 15 is 0 Å². The highest BCUT2D eigenvalue weighted by Crippen LogP contribution is 2.39. The van der Waals surface area contributed by atoms with E-state index in [9.17, 15) is 4.79 Å². The summed E-state index contributed by atoms with van der Waals surface area (Å²) in [4.78, 5) is 18.5. The van der Waals surface area contributed by atoms with Crippen LogP contribution < -0.4 is 0 Å². The average Bonchev–Trinajstić information content (AvgIpc) is 3.02. The Balaban J connectivity index is 1.24. The Morgan fingerprint density at radius 2 is 2.00 bits per heavy atom. The van der Waals surface area contributed by atoms with E-state index in [0.717, 1.165) is 18.7 Å². The number of amides is 1. The molecule has 0 unspecified atom stereocenters. The maximum Gasteiger partial charge on any atom is 0.276 e. The van der Waals surface area contributed by atoms with E-state index in [-0.39, 0.29) is 17.5 Å². The van der Waals surface area contributed by atoms with Crippen molar-refractivity contribution in [2.75, 3.05) is 13.1 Å². The molecule has 1 saturated carbocycles. The highest BCUT2D eigenvalue weighted by molar-refractivity contribution is 5.93. The van der Waals surface area contributed by atoms with E-state index in [0.29, 0.717) is 36.4 Å². The summed E-state index contributed by atoms with van der Waals surface area (Å²) in [5.74, 6) is 2.80. The second-order valence-corrected chi connectivity index (χ2v) is 6.23. The average molecular weight is 326 g/mol. The van der Waals surface area contributed by atoms with Crippen molar-refractivity contribution in [2.45, 2.75) is 24.7 Å². The summed E-state index contributed by atoms with van der Waals surface area (Å²) >= 11 is 0. The van der Waals surface area contributed by atoms with Gasteiger partial charge >= 0.3 is 0 Å². The third kappa shape index (κ3) is 2.22. The maximum atomic E-state index is 12.4. The van der Waals surface area contributed by atoms with Gasteiger partial charge in [0.1, 0.15) is 0 Å². The van der Waals surface area contributed by atoms with Gasteiger partial charge in [0.05, 0.1) is 12.2 Å². The van der Waals surface area contributed by atoms with E-state index in [1.807, 2.05) is 0 Å². The predicted octanol–water partition coefficient (Wildman–Crippen LogP) is 2.43. The molecule has 0 bridgehead atoms. The molecule has 0 radical (unpaired) electrons. The summed E-state index contributed by atoms with van der Waals surface area (Å²) < 4.78 is 15.7. The minimum absolute atomic E-state index is 0.102. The van der Waals surface area contributed by atoms with Gasteiger partial charge in [-0.1, -0.05) is 10.3 Å². The molecule has 1 aliphatic carbocycles. The lowest BCUT2D eigenvalue weighted by Gasteiger charge is -2.36. The molecule has 0 spiro atoms. The van der Waals surface area contributed by atoms with Crippen molar-refractivity contribution >= 4 is 5.91 Å². The predicted molar refractivity (Wildman–Crippen MR) is 79.1 cm³/mol. The first-order valence-corrected chi connectivity index (χ1v) is 7.91. The fourth-order valence-corrected chi connectivity index (χ4v) is 2.79. The molecule has 3 aromatic rings. The zero-order chi connectivity index (χ0) is 16.1. The molecule has 3 aromatic heterocycles. The van der Waals surface area contributed by atoms with Crippen molar-refractivity contribution in [3.63, 3.8) is 0 Å². The highest BCUT2D eigenvalue weighted by atomic mass is 16.5. The smallest absolute Gasteiger partial charge is 0.276 e. The van der Waals surface area contributed by atoms with Crippen LogP contribution in [0.15, 0.2) is 37.9 Å². The summed E-state index contributed by atoms with van der Waals surface area (Å²) in [5.41, 5.74) is 0.268. The highest BCUT2D eigenvalue weighted by Gasteiger charge is 2.38. The maximum absolute atomic E-state index is 12.4. The van der Waals surface area contributed by atoms with Crippen LogP contribution in [-0.2, 0) is 0 Å². The SMILES string of the molecule is O=C(c1cc(-c2ccco2)on1)N1CC(c2nc(C3CC3)no2)C1. The van der Waals surface area contributed by atoms with Gasteiger partial charge in [-0.05, 0) is 25.0 Å². The monoisotopic (exact) mass is 326 g/mol. The van der Waals surface area contributed by atoms with Crippen LogP contribution in [0.5, 0.6) is 0 Å². The number of nitrogens with zero attached hydrogens (tertiary/aromatic N) is 4. The molecular formula is C16H14N4O4. The molecule has 1 aliphatic heterocycles. The summed E-state index contributed by atoms with van der Waals surface area (Å²) in [7, 11) is 0. The number of hydrogen-bond donors (Lipinski definition) is 0. The molecular weight excluding hydrogens is 312 g/mol. The molecule has 1 amide bonds. The van der Waals surface area contributed by atoms with Gasteiger partial charge in [-0.2, -0.15) is 4.98 Å². The van der Waals surface area contributed by atoms with Crippen LogP contribution in [0.3, 0.4) is 0 Å². The first kappa shape index (κ1) is 13.5. The van der Waals surface area contributed by atoms with Gasteiger partial charge in [-0.25, -0.2) is 0 Å². The van der Waals surface area contributed by atoms with Crippen molar-refractivity contribution in [3.8, 4) is 11.5 Å². The second kappa shape index (κ2) is 5.05. The lowest BCUT2D eigenvalue weighted by atomic mass is 9.99. The van der Waals surface area contributed by atoms with Crippen molar-refractivity contribution < 1.29 is 18.3 Å². The Labute approximate surface area is 136 Å². The van der Waals surface area contributed by atoms with E-state index < -0.39 is 0 Å². The Morgan fingerprint density at radius 1 is 1.12 bits per heavy atom. The van der Waals surface area contributed by atoms with Crippen LogP contribution in [0, 0.1) is 0 Å². The molecule has 4 heterocycles. The van der Waals surface area contributed by atoms with E-state index in [2.05, 4.69) is 15.3 Å². The van der Waals surface area contributed by atoms with E-state index in [4.69, 9.17) is 13.5 Å². The van der Waals surface area contributed by atoms with Gasteiger partial charge in [0.15, 0.2) is 17.3 Å². The van der Waals surface area contributed by atoms with Gasteiger partial charge in [-0.15, -0.1) is 0 Å². The van der Waals surface area contributed by atoms with Gasteiger partial charge < -0.3 is 18.4 Å². The lowest BCUT2D eigenvalue weighted by Crippen LogP contribution is -2.48. The minimum Gasteiger partial charge on any atom is -0.461 e. The number of furan rings is 1. The second-order valence-electron chi connectivity index (χ2n) is 6.23.